The fourth-order valence-corrected chi connectivity index (χ4v) is 1.71. The SMILES string of the molecule is Clc1cnccc1OC1CCNCC1. The number of ether oxygens (including phenoxy) is 1. The van der Waals surface area contributed by atoms with Crippen LogP contribution in [0.5, 0.6) is 5.75 Å². The Bertz CT molecular complexity index is 300. The van der Waals surface area contributed by atoms with E-state index in [0.717, 1.165) is 31.7 Å². The van der Waals surface area contributed by atoms with Crippen LogP contribution in [0.1, 0.15) is 12.8 Å². The summed E-state index contributed by atoms with van der Waals surface area (Å²) in [6.07, 6.45) is 5.67. The molecule has 0 aliphatic carbocycles. The highest BCUT2D eigenvalue weighted by Crippen LogP contribution is 2.24. The van der Waals surface area contributed by atoms with E-state index in [4.69, 9.17) is 16.3 Å². The lowest BCUT2D eigenvalue weighted by Crippen LogP contribution is -2.34. The summed E-state index contributed by atoms with van der Waals surface area (Å²) in [6, 6.07) is 1.81. The molecule has 4 heteroatoms. The second-order valence-corrected chi connectivity index (χ2v) is 3.78. The largest absolute Gasteiger partial charge is 0.489 e. The third-order valence-corrected chi connectivity index (χ3v) is 2.60. The molecule has 1 N–H and O–H groups in total. The summed E-state index contributed by atoms with van der Waals surface area (Å²) in [5.41, 5.74) is 0. The quantitative estimate of drug-likeness (QED) is 0.813. The minimum atomic E-state index is 0.288. The molecule has 0 radical (unpaired) electrons. The van der Waals surface area contributed by atoms with Crippen molar-refractivity contribution in [2.24, 2.45) is 0 Å². The van der Waals surface area contributed by atoms with Gasteiger partial charge in [0.2, 0.25) is 0 Å². The van der Waals surface area contributed by atoms with E-state index >= 15 is 0 Å². The molecule has 1 aromatic heterocycles. The molecule has 0 amide bonds. The Morgan fingerprint density at radius 2 is 2.21 bits per heavy atom. The van der Waals surface area contributed by atoms with E-state index < -0.39 is 0 Å². The average Bonchev–Trinajstić information content (AvgIpc) is 2.23. The number of hydrogen-bond donors (Lipinski definition) is 1. The molecule has 1 fully saturated rings. The first-order valence-electron chi connectivity index (χ1n) is 4.83. The molecule has 2 heterocycles. The third kappa shape index (κ3) is 2.36. The maximum absolute atomic E-state index is 5.94. The molecule has 2 rings (SSSR count). The normalized spacial score (nSPS) is 18.1. The fourth-order valence-electron chi connectivity index (χ4n) is 1.55. The number of rotatable bonds is 2. The van der Waals surface area contributed by atoms with E-state index in [1.807, 2.05) is 6.07 Å². The van der Waals surface area contributed by atoms with Gasteiger partial charge >= 0.3 is 0 Å². The zero-order valence-corrected chi connectivity index (χ0v) is 8.63. The van der Waals surface area contributed by atoms with Crippen molar-refractivity contribution in [1.29, 1.82) is 0 Å². The Balaban J connectivity index is 1.99. The van der Waals surface area contributed by atoms with Gasteiger partial charge in [0, 0.05) is 18.5 Å². The predicted octanol–water partition coefficient (Wildman–Crippen LogP) is 1.87. The molecule has 1 aliphatic rings. The zero-order valence-electron chi connectivity index (χ0n) is 7.87. The van der Waals surface area contributed by atoms with Crippen molar-refractivity contribution in [3.63, 3.8) is 0 Å². The first-order valence-corrected chi connectivity index (χ1v) is 5.21. The molecular weight excluding hydrogens is 200 g/mol. The van der Waals surface area contributed by atoms with Crippen molar-refractivity contribution in [2.45, 2.75) is 18.9 Å². The molecule has 1 saturated heterocycles. The van der Waals surface area contributed by atoms with Crippen molar-refractivity contribution in [3.8, 4) is 5.75 Å². The Morgan fingerprint density at radius 1 is 1.43 bits per heavy atom. The lowest BCUT2D eigenvalue weighted by Gasteiger charge is -2.24. The lowest BCUT2D eigenvalue weighted by atomic mass is 10.1. The van der Waals surface area contributed by atoms with Gasteiger partial charge in [0.1, 0.15) is 16.9 Å². The summed E-state index contributed by atoms with van der Waals surface area (Å²) in [7, 11) is 0. The Hall–Kier alpha value is -0.800. The first-order chi connectivity index (χ1) is 6.86. The zero-order chi connectivity index (χ0) is 9.80. The van der Waals surface area contributed by atoms with Crippen LogP contribution in [0.3, 0.4) is 0 Å². The maximum atomic E-state index is 5.94. The smallest absolute Gasteiger partial charge is 0.141 e. The molecule has 0 bridgehead atoms. The highest BCUT2D eigenvalue weighted by Gasteiger charge is 2.15. The molecule has 1 aliphatic heterocycles. The van der Waals surface area contributed by atoms with E-state index in [0.29, 0.717) is 5.02 Å². The Labute approximate surface area is 88.4 Å². The van der Waals surface area contributed by atoms with Gasteiger partial charge in [-0.2, -0.15) is 0 Å². The minimum absolute atomic E-state index is 0.288. The van der Waals surface area contributed by atoms with Crippen molar-refractivity contribution in [3.05, 3.63) is 23.5 Å². The van der Waals surface area contributed by atoms with E-state index in [1.165, 1.54) is 0 Å². The maximum Gasteiger partial charge on any atom is 0.141 e. The Morgan fingerprint density at radius 3 is 2.93 bits per heavy atom. The third-order valence-electron chi connectivity index (χ3n) is 2.32. The number of piperidine rings is 1. The molecule has 14 heavy (non-hydrogen) atoms. The van der Waals surface area contributed by atoms with E-state index in [-0.39, 0.29) is 6.10 Å². The average molecular weight is 213 g/mol. The molecule has 3 nitrogen and oxygen atoms in total. The number of halogens is 1. The van der Waals surface area contributed by atoms with Gasteiger partial charge in [-0.15, -0.1) is 0 Å². The summed E-state index contributed by atoms with van der Waals surface area (Å²) in [6.45, 7) is 2.04. The lowest BCUT2D eigenvalue weighted by molar-refractivity contribution is 0.162. The number of hydrogen-bond acceptors (Lipinski definition) is 3. The van der Waals surface area contributed by atoms with Gasteiger partial charge in [0.05, 0.1) is 0 Å². The van der Waals surface area contributed by atoms with Gasteiger partial charge in [-0.05, 0) is 25.9 Å². The fraction of sp³-hybridized carbons (Fsp3) is 0.500. The van der Waals surface area contributed by atoms with Gasteiger partial charge in [-0.1, -0.05) is 11.6 Å². The van der Waals surface area contributed by atoms with Crippen LogP contribution < -0.4 is 10.1 Å². The number of aromatic nitrogens is 1. The van der Waals surface area contributed by atoms with E-state index in [2.05, 4.69) is 10.3 Å². The second-order valence-electron chi connectivity index (χ2n) is 3.37. The van der Waals surface area contributed by atoms with Crippen molar-refractivity contribution in [2.75, 3.05) is 13.1 Å². The van der Waals surface area contributed by atoms with Crippen LogP contribution in [-0.4, -0.2) is 24.2 Å². The topological polar surface area (TPSA) is 34.1 Å². The van der Waals surface area contributed by atoms with Crippen LogP contribution in [0.4, 0.5) is 0 Å². The second kappa shape index (κ2) is 4.62. The molecular formula is C10H13ClN2O. The van der Waals surface area contributed by atoms with Crippen LogP contribution in [0.2, 0.25) is 5.02 Å². The minimum Gasteiger partial charge on any atom is -0.489 e. The van der Waals surface area contributed by atoms with Crippen LogP contribution in [-0.2, 0) is 0 Å². The molecule has 76 valence electrons. The summed E-state index contributed by atoms with van der Waals surface area (Å²) in [4.78, 5) is 3.91. The number of nitrogens with zero attached hydrogens (tertiary/aromatic N) is 1. The van der Waals surface area contributed by atoms with Crippen molar-refractivity contribution < 1.29 is 4.74 Å². The molecule has 1 aromatic rings. The van der Waals surface area contributed by atoms with E-state index in [1.54, 1.807) is 12.4 Å². The highest BCUT2D eigenvalue weighted by molar-refractivity contribution is 6.31. The number of nitrogens with one attached hydrogen (secondary N) is 1. The van der Waals surface area contributed by atoms with Crippen LogP contribution >= 0.6 is 11.6 Å². The van der Waals surface area contributed by atoms with Crippen molar-refractivity contribution in [1.82, 2.24) is 10.3 Å². The number of pyridine rings is 1. The van der Waals surface area contributed by atoms with E-state index in [9.17, 15) is 0 Å². The predicted molar refractivity (Wildman–Crippen MR) is 55.8 cm³/mol. The van der Waals surface area contributed by atoms with Gasteiger partial charge in [-0.25, -0.2) is 0 Å². The van der Waals surface area contributed by atoms with Gasteiger partial charge in [0.25, 0.3) is 0 Å². The highest BCUT2D eigenvalue weighted by atomic mass is 35.5. The van der Waals surface area contributed by atoms with Gasteiger partial charge in [-0.3, -0.25) is 4.98 Å². The summed E-state index contributed by atoms with van der Waals surface area (Å²) in [5.74, 6) is 0.744. The van der Waals surface area contributed by atoms with Crippen molar-refractivity contribution >= 4 is 11.6 Å². The van der Waals surface area contributed by atoms with Crippen LogP contribution in [0.15, 0.2) is 18.5 Å². The van der Waals surface area contributed by atoms with Crippen LogP contribution in [0.25, 0.3) is 0 Å². The molecule has 0 spiro atoms. The molecule has 0 atom stereocenters. The Kier molecular flexibility index (Phi) is 3.22. The van der Waals surface area contributed by atoms with Crippen LogP contribution in [0, 0.1) is 0 Å². The summed E-state index contributed by atoms with van der Waals surface area (Å²) in [5, 5.41) is 3.88. The van der Waals surface area contributed by atoms with Gasteiger partial charge in [0.15, 0.2) is 0 Å². The standard InChI is InChI=1S/C10H13ClN2O/c11-9-7-13-6-3-10(9)14-8-1-4-12-5-2-8/h3,6-8,12H,1-2,4-5H2. The summed E-state index contributed by atoms with van der Waals surface area (Å²) >= 11 is 5.94. The molecule has 0 saturated carbocycles. The summed E-state index contributed by atoms with van der Waals surface area (Å²) < 4.78 is 5.77. The molecule has 0 unspecified atom stereocenters. The monoisotopic (exact) mass is 212 g/mol. The van der Waals surface area contributed by atoms with Gasteiger partial charge < -0.3 is 10.1 Å². The molecule has 0 aromatic carbocycles. The first kappa shape index (κ1) is 9.74.